The third-order valence-electron chi connectivity index (χ3n) is 6.21. The topological polar surface area (TPSA) is 81.5 Å². The Morgan fingerprint density at radius 1 is 1.08 bits per heavy atom. The van der Waals surface area contributed by atoms with Crippen LogP contribution in [0.4, 0.5) is 0 Å². The first-order valence-electron chi connectivity index (χ1n) is 9.51. The van der Waals surface area contributed by atoms with Crippen molar-refractivity contribution in [2.24, 2.45) is 11.5 Å². The Morgan fingerprint density at radius 2 is 1.60 bits per heavy atom. The van der Waals surface area contributed by atoms with Gasteiger partial charge in [-0.1, -0.05) is 65.8 Å². The van der Waals surface area contributed by atoms with Crippen LogP contribution in [0.15, 0.2) is 24.3 Å². The van der Waals surface area contributed by atoms with Crippen molar-refractivity contribution < 1.29 is 9.53 Å². The van der Waals surface area contributed by atoms with Crippen LogP contribution in [-0.4, -0.2) is 19.3 Å². The molecule has 0 bridgehead atoms. The molecule has 0 aliphatic heterocycles. The van der Waals surface area contributed by atoms with Crippen molar-refractivity contribution in [2.45, 2.75) is 88.9 Å². The third-order valence-corrected chi connectivity index (χ3v) is 12.3. The van der Waals surface area contributed by atoms with Crippen molar-refractivity contribution in [3.05, 3.63) is 35.4 Å². The minimum Gasteiger partial charge on any atom is -0.392 e. The highest BCUT2D eigenvalue weighted by atomic mass is 28.4. The average Bonchev–Trinajstić information content (AvgIpc) is 3.34. The van der Waals surface area contributed by atoms with Gasteiger partial charge in [0, 0.05) is 0 Å². The molecule has 1 aliphatic carbocycles. The van der Waals surface area contributed by atoms with E-state index in [4.69, 9.17) is 15.9 Å². The van der Waals surface area contributed by atoms with Gasteiger partial charge in [-0.3, -0.25) is 11.5 Å². The first-order valence-corrected chi connectivity index (χ1v) is 11.7. The quantitative estimate of drug-likeness (QED) is 0.481. The number of aliphatic hydroxyl groups excluding tert-OH is 1. The molecule has 4 nitrogen and oxygen atoms in total. The van der Waals surface area contributed by atoms with Crippen LogP contribution in [0.3, 0.4) is 0 Å². The lowest BCUT2D eigenvalue weighted by molar-refractivity contribution is 0.0211. The Balaban J connectivity index is 2.42. The van der Waals surface area contributed by atoms with Crippen molar-refractivity contribution in [3.63, 3.8) is 0 Å². The predicted octanol–water partition coefficient (Wildman–Crippen LogP) is 3.97. The highest BCUT2D eigenvalue weighted by Crippen LogP contribution is 2.56. The van der Waals surface area contributed by atoms with Crippen LogP contribution >= 0.6 is 0 Å². The molecule has 0 spiro atoms. The average molecular weight is 365 g/mol. The van der Waals surface area contributed by atoms with Gasteiger partial charge < -0.3 is 9.53 Å². The smallest absolute Gasteiger partial charge is 0.204 e. The standard InChI is InChI=1S/C20H36N2O2Si/c1-14(2)25(15(3)4,16(5)6)24-20(21,22)19(10-11-19)18-9-7-8-17(12-18)13-23/h7-9,12,14-16,23H,10-11,13,21-22H2,1-6H3. The minimum absolute atomic E-state index is 0.0234. The van der Waals surface area contributed by atoms with Gasteiger partial charge in [-0.25, -0.2) is 0 Å². The van der Waals surface area contributed by atoms with E-state index in [1.165, 1.54) is 0 Å². The van der Waals surface area contributed by atoms with E-state index in [0.29, 0.717) is 16.6 Å². The van der Waals surface area contributed by atoms with Crippen LogP contribution in [-0.2, 0) is 16.4 Å². The van der Waals surface area contributed by atoms with Gasteiger partial charge in [-0.15, -0.1) is 0 Å². The van der Waals surface area contributed by atoms with E-state index in [0.717, 1.165) is 24.0 Å². The SMILES string of the molecule is CC(C)[Si](OC(N)(N)C1(c2cccc(CO)c2)CC1)(C(C)C)C(C)C. The molecule has 1 fully saturated rings. The highest BCUT2D eigenvalue weighted by molar-refractivity contribution is 6.77. The van der Waals surface area contributed by atoms with Crippen LogP contribution in [0, 0.1) is 0 Å². The molecule has 0 unspecified atom stereocenters. The summed E-state index contributed by atoms with van der Waals surface area (Å²) in [7, 11) is -2.19. The number of aliphatic hydroxyl groups is 1. The van der Waals surface area contributed by atoms with Crippen molar-refractivity contribution >= 4 is 8.32 Å². The zero-order valence-electron chi connectivity index (χ0n) is 16.7. The van der Waals surface area contributed by atoms with Gasteiger partial charge in [0.2, 0.25) is 8.32 Å². The largest absolute Gasteiger partial charge is 0.392 e. The van der Waals surface area contributed by atoms with E-state index in [9.17, 15) is 5.11 Å². The monoisotopic (exact) mass is 364 g/mol. The Bertz CT molecular complexity index is 573. The summed E-state index contributed by atoms with van der Waals surface area (Å²) in [6.07, 6.45) is 1.85. The molecular formula is C20H36N2O2Si. The summed E-state index contributed by atoms with van der Waals surface area (Å²) in [5.41, 5.74) is 16.3. The molecule has 0 aromatic heterocycles. The van der Waals surface area contributed by atoms with Gasteiger partial charge in [-0.2, -0.15) is 0 Å². The summed E-state index contributed by atoms with van der Waals surface area (Å²) in [4.78, 5) is 0. The molecule has 5 heteroatoms. The van der Waals surface area contributed by atoms with Crippen LogP contribution in [0.5, 0.6) is 0 Å². The van der Waals surface area contributed by atoms with Gasteiger partial charge >= 0.3 is 0 Å². The highest BCUT2D eigenvalue weighted by Gasteiger charge is 2.62. The molecule has 2 rings (SSSR count). The van der Waals surface area contributed by atoms with Gasteiger partial charge in [0.25, 0.3) is 0 Å². The molecule has 1 saturated carbocycles. The maximum absolute atomic E-state index is 9.47. The van der Waals surface area contributed by atoms with E-state index in [-0.39, 0.29) is 12.0 Å². The molecule has 1 aromatic carbocycles. The molecule has 1 aliphatic rings. The summed E-state index contributed by atoms with van der Waals surface area (Å²) >= 11 is 0. The van der Waals surface area contributed by atoms with Crippen LogP contribution in [0.25, 0.3) is 0 Å². The number of benzene rings is 1. The first kappa shape index (κ1) is 20.6. The van der Waals surface area contributed by atoms with E-state index < -0.39 is 14.2 Å². The van der Waals surface area contributed by atoms with Gasteiger partial charge in [0.05, 0.1) is 12.0 Å². The van der Waals surface area contributed by atoms with Crippen molar-refractivity contribution in [1.82, 2.24) is 0 Å². The molecule has 0 saturated heterocycles. The van der Waals surface area contributed by atoms with Crippen LogP contribution in [0.2, 0.25) is 16.6 Å². The van der Waals surface area contributed by atoms with Crippen molar-refractivity contribution in [3.8, 4) is 0 Å². The molecule has 5 N–H and O–H groups in total. The van der Waals surface area contributed by atoms with E-state index in [1.54, 1.807) is 0 Å². The number of hydrogen-bond acceptors (Lipinski definition) is 4. The summed E-state index contributed by atoms with van der Waals surface area (Å²) in [5.74, 6) is -1.19. The molecule has 0 heterocycles. The lowest BCUT2D eigenvalue weighted by Gasteiger charge is -2.49. The maximum atomic E-state index is 9.47. The Kier molecular flexibility index (Phi) is 5.86. The second-order valence-corrected chi connectivity index (χ2v) is 14.0. The third kappa shape index (κ3) is 3.45. The molecule has 1 aromatic rings. The normalized spacial score (nSPS) is 17.6. The Labute approximate surface area is 154 Å². The summed E-state index contributed by atoms with van der Waals surface area (Å²) in [6.45, 7) is 13.5. The molecule has 0 atom stereocenters. The van der Waals surface area contributed by atoms with E-state index in [1.807, 2.05) is 18.2 Å². The maximum Gasteiger partial charge on any atom is 0.204 e. The van der Waals surface area contributed by atoms with E-state index >= 15 is 0 Å². The minimum atomic E-state index is -2.19. The summed E-state index contributed by atoms with van der Waals surface area (Å²) in [5, 5.41) is 9.47. The summed E-state index contributed by atoms with van der Waals surface area (Å²) in [6, 6.07) is 7.97. The van der Waals surface area contributed by atoms with Gasteiger partial charge in [0.15, 0.2) is 5.85 Å². The molecule has 25 heavy (non-hydrogen) atoms. The second-order valence-electron chi connectivity index (χ2n) is 8.65. The van der Waals surface area contributed by atoms with Crippen molar-refractivity contribution in [2.75, 3.05) is 0 Å². The summed E-state index contributed by atoms with van der Waals surface area (Å²) < 4.78 is 6.80. The molecule has 0 radical (unpaired) electrons. The molecule has 0 amide bonds. The first-order chi connectivity index (χ1) is 11.5. The Hall–Kier alpha value is -0.723. The zero-order chi connectivity index (χ0) is 19.0. The van der Waals surface area contributed by atoms with Crippen LogP contribution < -0.4 is 11.5 Å². The van der Waals surface area contributed by atoms with Crippen LogP contribution in [0.1, 0.15) is 65.5 Å². The fourth-order valence-electron chi connectivity index (χ4n) is 4.74. The van der Waals surface area contributed by atoms with Gasteiger partial charge in [0.1, 0.15) is 0 Å². The predicted molar refractivity (Wildman–Crippen MR) is 107 cm³/mol. The number of hydrogen-bond donors (Lipinski definition) is 3. The number of nitrogens with two attached hydrogens (primary N) is 2. The second kappa shape index (κ2) is 7.12. The van der Waals surface area contributed by atoms with Gasteiger partial charge in [-0.05, 0) is 40.6 Å². The Morgan fingerprint density at radius 3 is 2.00 bits per heavy atom. The zero-order valence-corrected chi connectivity index (χ0v) is 17.7. The fraction of sp³-hybridized carbons (Fsp3) is 0.700. The molecular weight excluding hydrogens is 328 g/mol. The van der Waals surface area contributed by atoms with Crippen molar-refractivity contribution in [1.29, 1.82) is 0 Å². The number of rotatable bonds is 8. The lowest BCUT2D eigenvalue weighted by Crippen LogP contribution is -2.68. The molecule has 142 valence electrons. The lowest BCUT2D eigenvalue weighted by atomic mass is 9.90. The fourth-order valence-corrected chi connectivity index (χ4v) is 10.2. The van der Waals surface area contributed by atoms with E-state index in [2.05, 4.69) is 47.6 Å².